The van der Waals surface area contributed by atoms with Crippen LogP contribution in [0.4, 0.5) is 4.39 Å². The molecule has 0 spiro atoms. The number of nitrogens with one attached hydrogen (secondary N) is 1. The number of rotatable bonds is 2. The van der Waals surface area contributed by atoms with E-state index in [0.29, 0.717) is 11.0 Å². The van der Waals surface area contributed by atoms with Crippen molar-refractivity contribution in [3.05, 3.63) is 106 Å². The number of hydrogen-bond acceptors (Lipinski definition) is 2. The van der Waals surface area contributed by atoms with Crippen LogP contribution in [0, 0.1) is 5.82 Å². The fourth-order valence-electron chi connectivity index (χ4n) is 4.57. The zero-order valence-corrected chi connectivity index (χ0v) is 16.6. The van der Waals surface area contributed by atoms with Crippen molar-refractivity contribution in [1.29, 1.82) is 0 Å². The standard InChI is InChI=1S/C26H18FN3O/c27-18-13-10-17(11-14-18)22-21-15-12-16-6-4-5-9-20(16)24(21)28-25-23(22)26(31)30(29-25)19-7-2-1-3-8-19/h1-11,13-14H,12,15H2,(H,28,29). The summed E-state index contributed by atoms with van der Waals surface area (Å²) in [7, 11) is 0. The van der Waals surface area contributed by atoms with Crippen molar-refractivity contribution in [2.45, 2.75) is 12.8 Å². The molecule has 0 unspecified atom stereocenters. The van der Waals surface area contributed by atoms with Gasteiger partial charge in [0.15, 0.2) is 5.65 Å². The number of aromatic amines is 1. The molecule has 5 heteroatoms. The molecule has 1 N–H and O–H groups in total. The van der Waals surface area contributed by atoms with Crippen LogP contribution in [0.1, 0.15) is 11.1 Å². The lowest BCUT2D eigenvalue weighted by atomic mass is 9.84. The number of aromatic nitrogens is 3. The van der Waals surface area contributed by atoms with E-state index in [1.54, 1.807) is 12.1 Å². The van der Waals surface area contributed by atoms with E-state index < -0.39 is 0 Å². The number of H-pyrrole nitrogens is 1. The molecule has 2 heterocycles. The summed E-state index contributed by atoms with van der Waals surface area (Å²) in [6.07, 6.45) is 1.65. The molecule has 1 aliphatic carbocycles. The molecule has 3 aromatic carbocycles. The van der Waals surface area contributed by atoms with Crippen LogP contribution in [-0.4, -0.2) is 14.8 Å². The van der Waals surface area contributed by atoms with Crippen molar-refractivity contribution < 1.29 is 4.39 Å². The zero-order chi connectivity index (χ0) is 20.9. The Labute approximate surface area is 177 Å². The molecule has 0 radical (unpaired) electrons. The first-order valence-corrected chi connectivity index (χ1v) is 10.3. The van der Waals surface area contributed by atoms with E-state index in [1.807, 2.05) is 42.5 Å². The molecule has 1 aliphatic rings. The third kappa shape index (κ3) is 2.74. The van der Waals surface area contributed by atoms with Gasteiger partial charge in [0.2, 0.25) is 0 Å². The van der Waals surface area contributed by atoms with Crippen LogP contribution in [0.5, 0.6) is 0 Å². The number of fused-ring (bicyclic) bond motifs is 4. The number of halogens is 1. The van der Waals surface area contributed by atoms with Crippen molar-refractivity contribution in [3.63, 3.8) is 0 Å². The largest absolute Gasteiger partial charge is 0.281 e. The lowest BCUT2D eigenvalue weighted by Gasteiger charge is -2.22. The fraction of sp³-hybridized carbons (Fsp3) is 0.0769. The SMILES string of the molecule is O=c1c2c(-c3ccc(F)cc3)c3c(nc2[nH]n1-c1ccccc1)-c1ccccc1CC3. The highest BCUT2D eigenvalue weighted by atomic mass is 19.1. The van der Waals surface area contributed by atoms with Crippen molar-refractivity contribution in [3.8, 4) is 28.1 Å². The highest BCUT2D eigenvalue weighted by Crippen LogP contribution is 2.40. The first kappa shape index (κ1) is 17.8. The van der Waals surface area contributed by atoms with Crippen LogP contribution in [-0.2, 0) is 12.8 Å². The summed E-state index contributed by atoms with van der Waals surface area (Å²) < 4.78 is 15.2. The summed E-state index contributed by atoms with van der Waals surface area (Å²) in [5.41, 5.74) is 7.03. The maximum absolute atomic E-state index is 13.7. The molecular formula is C26H18FN3O. The van der Waals surface area contributed by atoms with Gasteiger partial charge in [-0.2, -0.15) is 0 Å². The van der Waals surface area contributed by atoms with Crippen molar-refractivity contribution in [2.75, 3.05) is 0 Å². The first-order valence-electron chi connectivity index (χ1n) is 10.3. The number of aryl methyl sites for hydroxylation is 1. The van der Waals surface area contributed by atoms with E-state index in [-0.39, 0.29) is 11.4 Å². The van der Waals surface area contributed by atoms with Crippen LogP contribution < -0.4 is 5.56 Å². The third-order valence-corrected chi connectivity index (χ3v) is 6.00. The van der Waals surface area contributed by atoms with E-state index in [2.05, 4.69) is 17.2 Å². The molecule has 0 atom stereocenters. The van der Waals surface area contributed by atoms with Gasteiger partial charge < -0.3 is 0 Å². The van der Waals surface area contributed by atoms with Crippen LogP contribution in [0.2, 0.25) is 0 Å². The first-order chi connectivity index (χ1) is 15.2. The normalized spacial score (nSPS) is 12.5. The second-order valence-electron chi connectivity index (χ2n) is 7.79. The quantitative estimate of drug-likeness (QED) is 0.433. The van der Waals surface area contributed by atoms with Gasteiger partial charge in [0, 0.05) is 11.1 Å². The Morgan fingerprint density at radius 3 is 2.42 bits per heavy atom. The molecule has 0 amide bonds. The molecule has 2 aromatic heterocycles. The maximum atomic E-state index is 13.7. The van der Waals surface area contributed by atoms with E-state index in [9.17, 15) is 9.18 Å². The van der Waals surface area contributed by atoms with Gasteiger partial charge in [0.1, 0.15) is 5.82 Å². The minimum atomic E-state index is -0.302. The summed E-state index contributed by atoms with van der Waals surface area (Å²) >= 11 is 0. The monoisotopic (exact) mass is 407 g/mol. The van der Waals surface area contributed by atoms with E-state index in [0.717, 1.165) is 46.5 Å². The minimum Gasteiger partial charge on any atom is -0.274 e. The summed E-state index contributed by atoms with van der Waals surface area (Å²) in [4.78, 5) is 18.5. The Kier molecular flexibility index (Phi) is 3.90. The van der Waals surface area contributed by atoms with Gasteiger partial charge in [-0.25, -0.2) is 14.1 Å². The molecule has 4 nitrogen and oxygen atoms in total. The zero-order valence-electron chi connectivity index (χ0n) is 16.6. The molecule has 0 aliphatic heterocycles. The number of nitrogens with zero attached hydrogens (tertiary/aromatic N) is 2. The van der Waals surface area contributed by atoms with Crippen molar-refractivity contribution in [2.24, 2.45) is 0 Å². The number of pyridine rings is 1. The smallest absolute Gasteiger partial charge is 0.274 e. The third-order valence-electron chi connectivity index (χ3n) is 6.00. The fourth-order valence-corrected chi connectivity index (χ4v) is 4.57. The summed E-state index contributed by atoms with van der Waals surface area (Å²) in [6, 6.07) is 24.1. The van der Waals surface area contributed by atoms with Crippen LogP contribution in [0.3, 0.4) is 0 Å². The molecular weight excluding hydrogens is 389 g/mol. The lowest BCUT2D eigenvalue weighted by molar-refractivity contribution is 0.628. The molecule has 0 fully saturated rings. The van der Waals surface area contributed by atoms with Crippen molar-refractivity contribution in [1.82, 2.24) is 14.8 Å². The van der Waals surface area contributed by atoms with Gasteiger partial charge in [-0.3, -0.25) is 9.89 Å². The van der Waals surface area contributed by atoms with E-state index >= 15 is 0 Å². The van der Waals surface area contributed by atoms with Gasteiger partial charge in [0.25, 0.3) is 5.56 Å². The highest BCUT2D eigenvalue weighted by molar-refractivity contribution is 5.98. The van der Waals surface area contributed by atoms with Crippen LogP contribution >= 0.6 is 0 Å². The molecule has 5 aromatic rings. The van der Waals surface area contributed by atoms with Gasteiger partial charge >= 0.3 is 0 Å². The second-order valence-corrected chi connectivity index (χ2v) is 7.79. The number of benzene rings is 3. The Balaban J connectivity index is 1.74. The average Bonchev–Trinajstić information content (AvgIpc) is 3.15. The predicted octanol–water partition coefficient (Wildman–Crippen LogP) is 5.29. The van der Waals surface area contributed by atoms with E-state index in [4.69, 9.17) is 4.98 Å². The van der Waals surface area contributed by atoms with E-state index in [1.165, 1.54) is 22.4 Å². The summed E-state index contributed by atoms with van der Waals surface area (Å²) in [6.45, 7) is 0. The number of para-hydroxylation sites is 1. The Hall–Kier alpha value is -3.99. The Morgan fingerprint density at radius 2 is 1.61 bits per heavy atom. The van der Waals surface area contributed by atoms with Crippen LogP contribution in [0.25, 0.3) is 39.1 Å². The number of hydrogen-bond donors (Lipinski definition) is 1. The molecule has 0 saturated heterocycles. The molecule has 6 rings (SSSR count). The van der Waals surface area contributed by atoms with Gasteiger partial charge in [-0.1, -0.05) is 54.6 Å². The summed E-state index contributed by atoms with van der Waals surface area (Å²) in [5.74, 6) is -0.302. The van der Waals surface area contributed by atoms with Gasteiger partial charge in [0.05, 0.1) is 16.8 Å². The topological polar surface area (TPSA) is 50.7 Å². The predicted molar refractivity (Wildman–Crippen MR) is 120 cm³/mol. The van der Waals surface area contributed by atoms with Gasteiger partial charge in [-0.15, -0.1) is 0 Å². The van der Waals surface area contributed by atoms with Gasteiger partial charge in [-0.05, 0) is 53.8 Å². The van der Waals surface area contributed by atoms with Crippen LogP contribution in [0.15, 0.2) is 83.7 Å². The molecule has 0 saturated carbocycles. The van der Waals surface area contributed by atoms with Crippen molar-refractivity contribution >= 4 is 11.0 Å². The Morgan fingerprint density at radius 1 is 0.871 bits per heavy atom. The molecule has 150 valence electrons. The average molecular weight is 407 g/mol. The molecule has 31 heavy (non-hydrogen) atoms. The second kappa shape index (κ2) is 6.77. The maximum Gasteiger partial charge on any atom is 0.281 e. The highest BCUT2D eigenvalue weighted by Gasteiger charge is 2.26. The minimum absolute atomic E-state index is 0.158. The molecule has 0 bridgehead atoms. The lowest BCUT2D eigenvalue weighted by Crippen LogP contribution is -2.15. The Bertz CT molecular complexity index is 1500. The summed E-state index contributed by atoms with van der Waals surface area (Å²) in [5, 5.41) is 3.74.